The predicted molar refractivity (Wildman–Crippen MR) is 60.3 cm³/mol. The quantitative estimate of drug-likeness (QED) is 0.859. The van der Waals surface area contributed by atoms with Crippen molar-refractivity contribution in [3.63, 3.8) is 0 Å². The van der Waals surface area contributed by atoms with Gasteiger partial charge in [-0.25, -0.2) is 0 Å². The van der Waals surface area contributed by atoms with Gasteiger partial charge in [0.25, 0.3) is 0 Å². The molecule has 1 aromatic carbocycles. The number of nitrogens with zero attached hydrogens (tertiary/aromatic N) is 2. The van der Waals surface area contributed by atoms with E-state index >= 15 is 0 Å². The monoisotopic (exact) mass is 301 g/mol. The van der Waals surface area contributed by atoms with E-state index in [2.05, 4.69) is 32.8 Å². The predicted octanol–water partition coefficient (Wildman–Crippen LogP) is 1.80. The van der Waals surface area contributed by atoms with Gasteiger partial charge < -0.3 is 10.2 Å². The maximum atomic E-state index is 5.37. The first kappa shape index (κ1) is 9.60. The molecule has 0 unspecified atom stereocenters. The van der Waals surface area contributed by atoms with E-state index in [9.17, 15) is 0 Å². The Hall–Kier alpha value is -0.950. The van der Waals surface area contributed by atoms with E-state index in [0.717, 1.165) is 9.13 Å². The Morgan fingerprint density at radius 1 is 1.36 bits per heavy atom. The number of hydrogen-bond donors (Lipinski definition) is 1. The van der Waals surface area contributed by atoms with Gasteiger partial charge in [0.15, 0.2) is 0 Å². The first-order valence-corrected chi connectivity index (χ1v) is 5.16. The van der Waals surface area contributed by atoms with E-state index in [0.29, 0.717) is 11.8 Å². The van der Waals surface area contributed by atoms with Crippen LogP contribution in [-0.2, 0) is 6.54 Å². The molecule has 0 aliphatic carbocycles. The van der Waals surface area contributed by atoms with Gasteiger partial charge in [-0.1, -0.05) is 6.07 Å². The minimum atomic E-state index is 0.275. The van der Waals surface area contributed by atoms with Gasteiger partial charge in [0, 0.05) is 9.13 Å². The van der Waals surface area contributed by atoms with Crippen molar-refractivity contribution in [3.8, 4) is 11.5 Å². The molecule has 0 saturated heterocycles. The molecule has 0 radical (unpaired) electrons. The van der Waals surface area contributed by atoms with Crippen molar-refractivity contribution >= 4 is 22.6 Å². The average molecular weight is 301 g/mol. The van der Waals surface area contributed by atoms with Crippen molar-refractivity contribution in [2.45, 2.75) is 6.54 Å². The van der Waals surface area contributed by atoms with Gasteiger partial charge >= 0.3 is 0 Å². The molecule has 2 aromatic rings. The van der Waals surface area contributed by atoms with Gasteiger partial charge in [-0.3, -0.25) is 0 Å². The van der Waals surface area contributed by atoms with Crippen LogP contribution in [0.25, 0.3) is 11.5 Å². The molecule has 14 heavy (non-hydrogen) atoms. The molecular weight excluding hydrogens is 293 g/mol. The molecule has 1 aromatic heterocycles. The molecule has 72 valence electrons. The number of rotatable bonds is 2. The van der Waals surface area contributed by atoms with Crippen LogP contribution < -0.4 is 5.73 Å². The lowest BCUT2D eigenvalue weighted by atomic mass is 10.2. The summed E-state index contributed by atoms with van der Waals surface area (Å²) in [5.41, 5.74) is 6.29. The van der Waals surface area contributed by atoms with E-state index in [4.69, 9.17) is 10.2 Å². The molecular formula is C9H8IN3O. The molecule has 1 heterocycles. The summed E-state index contributed by atoms with van der Waals surface area (Å²) >= 11 is 2.23. The molecule has 0 spiro atoms. The first-order valence-electron chi connectivity index (χ1n) is 4.08. The summed E-state index contributed by atoms with van der Waals surface area (Å²) in [5.74, 6) is 0.975. The Bertz CT molecular complexity index is 441. The molecule has 0 atom stereocenters. The van der Waals surface area contributed by atoms with Crippen LogP contribution in [0.1, 0.15) is 5.89 Å². The lowest BCUT2D eigenvalue weighted by molar-refractivity contribution is 0.508. The fourth-order valence-electron chi connectivity index (χ4n) is 1.07. The second kappa shape index (κ2) is 4.05. The molecule has 0 aliphatic rings. The largest absolute Gasteiger partial charge is 0.419 e. The summed E-state index contributed by atoms with van der Waals surface area (Å²) in [4.78, 5) is 0. The van der Waals surface area contributed by atoms with Gasteiger partial charge in [-0.2, -0.15) is 0 Å². The van der Waals surface area contributed by atoms with E-state index in [-0.39, 0.29) is 6.54 Å². The third-order valence-corrected chi connectivity index (χ3v) is 2.38. The van der Waals surface area contributed by atoms with Gasteiger partial charge in [0.2, 0.25) is 11.8 Å². The van der Waals surface area contributed by atoms with Crippen LogP contribution in [-0.4, -0.2) is 10.2 Å². The van der Waals surface area contributed by atoms with Crippen molar-refractivity contribution in [2.24, 2.45) is 5.73 Å². The van der Waals surface area contributed by atoms with E-state index in [1.165, 1.54) is 0 Å². The van der Waals surface area contributed by atoms with Crippen molar-refractivity contribution in [3.05, 3.63) is 33.7 Å². The van der Waals surface area contributed by atoms with Crippen molar-refractivity contribution in [1.29, 1.82) is 0 Å². The van der Waals surface area contributed by atoms with Crippen molar-refractivity contribution in [1.82, 2.24) is 10.2 Å². The summed E-state index contributed by atoms with van der Waals surface area (Å²) < 4.78 is 6.46. The van der Waals surface area contributed by atoms with Crippen LogP contribution >= 0.6 is 22.6 Å². The minimum absolute atomic E-state index is 0.275. The first-order chi connectivity index (χ1) is 6.79. The summed E-state index contributed by atoms with van der Waals surface area (Å²) in [7, 11) is 0. The molecule has 4 nitrogen and oxygen atoms in total. The SMILES string of the molecule is NCc1nnc(-c2cccc(I)c2)o1. The topological polar surface area (TPSA) is 64.9 Å². The van der Waals surface area contributed by atoms with Gasteiger partial charge in [0.05, 0.1) is 6.54 Å². The zero-order chi connectivity index (χ0) is 9.97. The van der Waals surface area contributed by atoms with Crippen LogP contribution in [0, 0.1) is 3.57 Å². The molecule has 0 fully saturated rings. The van der Waals surface area contributed by atoms with Gasteiger partial charge in [-0.15, -0.1) is 10.2 Å². The second-order valence-corrected chi connectivity index (χ2v) is 3.96. The van der Waals surface area contributed by atoms with E-state index in [1.54, 1.807) is 0 Å². The van der Waals surface area contributed by atoms with Crippen LogP contribution in [0.3, 0.4) is 0 Å². The maximum Gasteiger partial charge on any atom is 0.247 e. The molecule has 0 bridgehead atoms. The van der Waals surface area contributed by atoms with Crippen molar-refractivity contribution in [2.75, 3.05) is 0 Å². The standard InChI is InChI=1S/C9H8IN3O/c10-7-3-1-2-6(4-7)9-13-12-8(5-11)14-9/h1-4H,5,11H2. The number of aromatic nitrogens is 2. The second-order valence-electron chi connectivity index (χ2n) is 2.72. The van der Waals surface area contributed by atoms with Crippen molar-refractivity contribution < 1.29 is 4.42 Å². The number of hydrogen-bond acceptors (Lipinski definition) is 4. The highest BCUT2D eigenvalue weighted by Gasteiger charge is 2.06. The molecule has 0 saturated carbocycles. The zero-order valence-corrected chi connectivity index (χ0v) is 9.43. The Morgan fingerprint density at radius 2 is 2.21 bits per heavy atom. The average Bonchev–Trinajstić information content (AvgIpc) is 2.66. The summed E-state index contributed by atoms with van der Waals surface area (Å²) in [5, 5.41) is 7.69. The summed E-state index contributed by atoms with van der Waals surface area (Å²) in [6.07, 6.45) is 0. The summed E-state index contributed by atoms with van der Waals surface area (Å²) in [6, 6.07) is 7.86. The third-order valence-electron chi connectivity index (χ3n) is 1.71. The maximum absolute atomic E-state index is 5.37. The molecule has 0 amide bonds. The molecule has 2 N–H and O–H groups in total. The van der Waals surface area contributed by atoms with Crippen LogP contribution in [0.5, 0.6) is 0 Å². The highest BCUT2D eigenvalue weighted by molar-refractivity contribution is 14.1. The smallest absolute Gasteiger partial charge is 0.247 e. The lowest BCUT2D eigenvalue weighted by Gasteiger charge is -1.94. The summed E-state index contributed by atoms with van der Waals surface area (Å²) in [6.45, 7) is 0.275. The fraction of sp³-hybridized carbons (Fsp3) is 0.111. The van der Waals surface area contributed by atoms with Crippen LogP contribution in [0.15, 0.2) is 28.7 Å². The highest BCUT2D eigenvalue weighted by Crippen LogP contribution is 2.19. The Labute approximate surface area is 94.7 Å². The third kappa shape index (κ3) is 1.93. The van der Waals surface area contributed by atoms with Gasteiger partial charge in [-0.05, 0) is 40.8 Å². The Balaban J connectivity index is 2.39. The number of nitrogens with two attached hydrogens (primary N) is 1. The highest BCUT2D eigenvalue weighted by atomic mass is 127. The van der Waals surface area contributed by atoms with E-state index in [1.807, 2.05) is 24.3 Å². The number of benzene rings is 1. The minimum Gasteiger partial charge on any atom is -0.419 e. The zero-order valence-electron chi connectivity index (χ0n) is 7.27. The van der Waals surface area contributed by atoms with Gasteiger partial charge in [0.1, 0.15) is 0 Å². The normalized spacial score (nSPS) is 10.4. The fourth-order valence-corrected chi connectivity index (χ4v) is 1.62. The van der Waals surface area contributed by atoms with E-state index < -0.39 is 0 Å². The van der Waals surface area contributed by atoms with Crippen LogP contribution in [0.4, 0.5) is 0 Å². The molecule has 2 rings (SSSR count). The van der Waals surface area contributed by atoms with Crippen LogP contribution in [0.2, 0.25) is 0 Å². The Kier molecular flexibility index (Phi) is 2.78. The Morgan fingerprint density at radius 3 is 2.86 bits per heavy atom. The number of halogens is 1. The molecule has 5 heteroatoms. The molecule has 0 aliphatic heterocycles. The lowest BCUT2D eigenvalue weighted by Crippen LogP contribution is -1.95.